The second kappa shape index (κ2) is 6.54. The first-order valence-corrected chi connectivity index (χ1v) is 9.21. The predicted octanol–water partition coefficient (Wildman–Crippen LogP) is 0.575. The lowest BCUT2D eigenvalue weighted by Crippen LogP contribution is -2.32. The molecule has 1 aromatic rings. The van der Waals surface area contributed by atoms with Crippen LogP contribution in [0.15, 0.2) is 34.1 Å². The Hall–Kier alpha value is -1.45. The fourth-order valence-electron chi connectivity index (χ4n) is 1.66. The van der Waals surface area contributed by atoms with Crippen LogP contribution in [0.2, 0.25) is 0 Å². The van der Waals surface area contributed by atoms with Gasteiger partial charge in [-0.2, -0.15) is 4.31 Å². The second-order valence-electron chi connectivity index (χ2n) is 4.45. The molecular weight excluding hydrogens is 318 g/mol. The van der Waals surface area contributed by atoms with Crippen LogP contribution in [-0.4, -0.2) is 51.6 Å². The van der Waals surface area contributed by atoms with Crippen molar-refractivity contribution in [2.45, 2.75) is 23.1 Å². The lowest BCUT2D eigenvalue weighted by molar-refractivity contribution is -0.137. The third-order valence-electron chi connectivity index (χ3n) is 2.72. The van der Waals surface area contributed by atoms with Gasteiger partial charge in [-0.15, -0.1) is 0 Å². The van der Waals surface area contributed by atoms with E-state index in [1.165, 1.54) is 12.1 Å². The van der Waals surface area contributed by atoms with Gasteiger partial charge < -0.3 is 5.11 Å². The maximum Gasteiger partial charge on any atom is 0.318 e. The summed E-state index contributed by atoms with van der Waals surface area (Å²) in [5.41, 5.74) is 0. The SMILES string of the molecule is CCCS(=O)(=O)c1ccc(S(=O)(=O)N(C)CC(=O)O)cc1. The predicted molar refractivity (Wildman–Crippen MR) is 76.2 cm³/mol. The van der Waals surface area contributed by atoms with E-state index in [1.807, 2.05) is 0 Å². The number of aliphatic carboxylic acids is 1. The van der Waals surface area contributed by atoms with E-state index in [2.05, 4.69) is 0 Å². The minimum absolute atomic E-state index is 0.0159. The van der Waals surface area contributed by atoms with E-state index in [4.69, 9.17) is 5.11 Å². The van der Waals surface area contributed by atoms with E-state index in [1.54, 1.807) is 6.92 Å². The molecule has 0 saturated heterocycles. The van der Waals surface area contributed by atoms with Gasteiger partial charge in [0, 0.05) is 7.05 Å². The Bertz CT molecular complexity index is 707. The van der Waals surface area contributed by atoms with Crippen LogP contribution in [0.25, 0.3) is 0 Å². The highest BCUT2D eigenvalue weighted by Gasteiger charge is 2.23. The molecule has 118 valence electrons. The number of nitrogens with zero attached hydrogens (tertiary/aromatic N) is 1. The number of carboxylic acids is 1. The van der Waals surface area contributed by atoms with Gasteiger partial charge in [-0.3, -0.25) is 4.79 Å². The van der Waals surface area contributed by atoms with Crippen molar-refractivity contribution in [2.24, 2.45) is 0 Å². The van der Waals surface area contributed by atoms with Crippen LogP contribution in [-0.2, 0) is 24.7 Å². The summed E-state index contributed by atoms with van der Waals surface area (Å²) in [6.07, 6.45) is 0.462. The number of likely N-dealkylation sites (N-methyl/N-ethyl adjacent to an activating group) is 1. The third kappa shape index (κ3) is 4.26. The highest BCUT2D eigenvalue weighted by Crippen LogP contribution is 2.18. The number of carbonyl (C=O) groups is 1. The van der Waals surface area contributed by atoms with E-state index >= 15 is 0 Å². The molecule has 0 aliphatic heterocycles. The number of benzene rings is 1. The van der Waals surface area contributed by atoms with Crippen molar-refractivity contribution >= 4 is 25.8 Å². The minimum atomic E-state index is -3.95. The van der Waals surface area contributed by atoms with E-state index in [0.29, 0.717) is 10.7 Å². The fourth-order valence-corrected chi connectivity index (χ4v) is 4.11. The molecule has 0 fully saturated rings. The Kier molecular flexibility index (Phi) is 5.48. The van der Waals surface area contributed by atoms with E-state index in [-0.39, 0.29) is 15.5 Å². The van der Waals surface area contributed by atoms with Crippen molar-refractivity contribution in [1.29, 1.82) is 0 Å². The van der Waals surface area contributed by atoms with Gasteiger partial charge in [0.25, 0.3) is 0 Å². The summed E-state index contributed by atoms with van der Waals surface area (Å²) >= 11 is 0. The van der Waals surface area contributed by atoms with Crippen LogP contribution < -0.4 is 0 Å². The summed E-state index contributed by atoms with van der Waals surface area (Å²) in [6.45, 7) is 1.06. The summed E-state index contributed by atoms with van der Waals surface area (Å²) in [4.78, 5) is 10.5. The number of hydrogen-bond acceptors (Lipinski definition) is 5. The number of rotatable bonds is 7. The molecule has 7 nitrogen and oxygen atoms in total. The first-order valence-electron chi connectivity index (χ1n) is 6.12. The van der Waals surface area contributed by atoms with Gasteiger partial charge in [-0.25, -0.2) is 16.8 Å². The molecule has 21 heavy (non-hydrogen) atoms. The van der Waals surface area contributed by atoms with Crippen molar-refractivity contribution in [3.05, 3.63) is 24.3 Å². The monoisotopic (exact) mass is 335 g/mol. The normalized spacial score (nSPS) is 12.5. The molecular formula is C12H17NO6S2. The second-order valence-corrected chi connectivity index (χ2v) is 8.60. The summed E-state index contributed by atoms with van der Waals surface area (Å²) in [7, 11) is -6.22. The maximum atomic E-state index is 12.1. The molecule has 0 spiro atoms. The number of hydrogen-bond donors (Lipinski definition) is 1. The van der Waals surface area contributed by atoms with Crippen LogP contribution in [0.3, 0.4) is 0 Å². The Labute approximate surface area is 124 Å². The van der Waals surface area contributed by atoms with Crippen molar-refractivity contribution in [3.8, 4) is 0 Å². The van der Waals surface area contributed by atoms with Crippen molar-refractivity contribution < 1.29 is 26.7 Å². The lowest BCUT2D eigenvalue weighted by Gasteiger charge is -2.15. The molecule has 1 aromatic carbocycles. The molecule has 1 N–H and O–H groups in total. The Morgan fingerprint density at radius 1 is 1.10 bits per heavy atom. The van der Waals surface area contributed by atoms with Crippen LogP contribution in [0.5, 0.6) is 0 Å². The summed E-state index contributed by atoms with van der Waals surface area (Å²) in [5.74, 6) is -1.29. The van der Waals surface area contributed by atoms with Crippen molar-refractivity contribution in [1.82, 2.24) is 4.31 Å². The van der Waals surface area contributed by atoms with Gasteiger partial charge in [0.1, 0.15) is 6.54 Å². The van der Waals surface area contributed by atoms with Gasteiger partial charge in [0.15, 0.2) is 9.84 Å². The van der Waals surface area contributed by atoms with Gasteiger partial charge in [-0.1, -0.05) is 6.92 Å². The molecule has 0 aliphatic rings. The molecule has 0 unspecified atom stereocenters. The number of carboxylic acid groups (broad SMARTS) is 1. The minimum Gasteiger partial charge on any atom is -0.480 e. The quantitative estimate of drug-likeness (QED) is 0.780. The molecule has 0 heterocycles. The third-order valence-corrected chi connectivity index (χ3v) is 6.48. The zero-order chi connectivity index (χ0) is 16.3. The van der Waals surface area contributed by atoms with Gasteiger partial charge in [0.2, 0.25) is 10.0 Å². The standard InChI is InChI=1S/C12H17NO6S2/c1-3-8-20(16,17)10-4-6-11(7-5-10)21(18,19)13(2)9-12(14)15/h4-7H,3,8-9H2,1-2H3,(H,14,15). The largest absolute Gasteiger partial charge is 0.480 e. The first-order chi connectivity index (χ1) is 9.61. The van der Waals surface area contributed by atoms with Crippen LogP contribution in [0.4, 0.5) is 0 Å². The molecule has 0 aliphatic carbocycles. The molecule has 1 rings (SSSR count). The zero-order valence-electron chi connectivity index (χ0n) is 11.7. The molecule has 0 saturated carbocycles. The lowest BCUT2D eigenvalue weighted by atomic mass is 10.4. The van der Waals surface area contributed by atoms with E-state index in [9.17, 15) is 21.6 Å². The zero-order valence-corrected chi connectivity index (χ0v) is 13.3. The van der Waals surface area contributed by atoms with E-state index in [0.717, 1.165) is 19.2 Å². The fraction of sp³-hybridized carbons (Fsp3) is 0.417. The average Bonchev–Trinajstić information content (AvgIpc) is 2.38. The van der Waals surface area contributed by atoms with E-state index < -0.39 is 32.4 Å². The topological polar surface area (TPSA) is 109 Å². The van der Waals surface area contributed by atoms with Gasteiger partial charge in [-0.05, 0) is 30.7 Å². The highest BCUT2D eigenvalue weighted by atomic mass is 32.2. The summed E-state index contributed by atoms with van der Waals surface area (Å²) in [6, 6.07) is 4.76. The molecule has 0 atom stereocenters. The van der Waals surface area contributed by atoms with Crippen molar-refractivity contribution in [2.75, 3.05) is 19.3 Å². The maximum absolute atomic E-state index is 12.1. The Balaban J connectivity index is 3.10. The molecule has 0 aromatic heterocycles. The number of sulfonamides is 1. The van der Waals surface area contributed by atoms with Gasteiger partial charge >= 0.3 is 5.97 Å². The molecule has 0 bridgehead atoms. The highest BCUT2D eigenvalue weighted by molar-refractivity contribution is 7.91. The van der Waals surface area contributed by atoms with Gasteiger partial charge in [0.05, 0.1) is 15.5 Å². The first kappa shape index (κ1) is 17.6. The molecule has 9 heteroatoms. The van der Waals surface area contributed by atoms with Crippen LogP contribution in [0.1, 0.15) is 13.3 Å². The summed E-state index contributed by atoms with van der Waals surface area (Å²) in [5, 5.41) is 8.62. The average molecular weight is 335 g/mol. The number of sulfone groups is 1. The summed E-state index contributed by atoms with van der Waals surface area (Å²) < 4.78 is 48.5. The molecule has 0 radical (unpaired) electrons. The Morgan fingerprint density at radius 3 is 2.00 bits per heavy atom. The van der Waals surface area contributed by atoms with Crippen molar-refractivity contribution in [3.63, 3.8) is 0 Å². The smallest absolute Gasteiger partial charge is 0.318 e. The Morgan fingerprint density at radius 2 is 1.57 bits per heavy atom. The van der Waals surface area contributed by atoms with Crippen LogP contribution >= 0.6 is 0 Å². The van der Waals surface area contributed by atoms with Crippen LogP contribution in [0, 0.1) is 0 Å². The molecule has 0 amide bonds.